The largest absolute Gasteiger partial charge is 0.336 e. The van der Waals surface area contributed by atoms with E-state index < -0.39 is 0 Å². The zero-order valence-corrected chi connectivity index (χ0v) is 20.8. The molecule has 6 nitrogen and oxygen atoms in total. The lowest BCUT2D eigenvalue weighted by Gasteiger charge is -2.27. The first-order chi connectivity index (χ1) is 16.1. The van der Waals surface area contributed by atoms with Crippen LogP contribution in [0.5, 0.6) is 0 Å². The molecule has 0 unspecified atom stereocenters. The molecule has 34 heavy (non-hydrogen) atoms. The molecular weight excluding hydrogens is 491 g/mol. The van der Waals surface area contributed by atoms with E-state index >= 15 is 0 Å². The summed E-state index contributed by atoms with van der Waals surface area (Å²) in [5.74, 6) is 0.139. The first-order valence-corrected chi connectivity index (χ1v) is 12.1. The van der Waals surface area contributed by atoms with Gasteiger partial charge in [-0.2, -0.15) is 0 Å². The fraction of sp³-hybridized carbons (Fsp3) is 0.240. The number of carbonyl (C=O) groups is 1. The van der Waals surface area contributed by atoms with Crippen LogP contribution < -0.4 is 10.9 Å². The van der Waals surface area contributed by atoms with Gasteiger partial charge in [-0.3, -0.25) is 14.2 Å². The second-order valence-electron chi connectivity index (χ2n) is 8.13. The average Bonchev–Trinajstić information content (AvgIpc) is 3.27. The number of hydrogen-bond acceptors (Lipinski definition) is 5. The van der Waals surface area contributed by atoms with Crippen molar-refractivity contribution in [3.8, 4) is 10.4 Å². The predicted octanol–water partition coefficient (Wildman–Crippen LogP) is 4.37. The number of piperazine rings is 1. The number of benzene rings is 2. The summed E-state index contributed by atoms with van der Waals surface area (Å²) in [6.07, 6.45) is 2.36. The molecule has 4 aromatic rings. The number of carbonyl (C=O) groups excluding carboxylic acids is 1. The highest BCUT2D eigenvalue weighted by Crippen LogP contribution is 2.31. The van der Waals surface area contributed by atoms with Gasteiger partial charge in [-0.05, 0) is 41.3 Å². The van der Waals surface area contributed by atoms with E-state index in [1.807, 2.05) is 35.2 Å². The monoisotopic (exact) mass is 514 g/mol. The number of thiophene rings is 1. The van der Waals surface area contributed by atoms with Gasteiger partial charge in [0.15, 0.2) is 0 Å². The fourth-order valence-electron chi connectivity index (χ4n) is 3.96. The summed E-state index contributed by atoms with van der Waals surface area (Å²) in [7, 11) is 0. The zero-order chi connectivity index (χ0) is 22.8. The van der Waals surface area contributed by atoms with Crippen molar-refractivity contribution in [1.82, 2.24) is 19.8 Å². The Morgan fingerprint density at radius 3 is 2.50 bits per heavy atom. The number of hydrogen-bond donors (Lipinski definition) is 1. The van der Waals surface area contributed by atoms with Crippen LogP contribution >= 0.6 is 35.3 Å². The zero-order valence-electron chi connectivity index (χ0n) is 18.4. The van der Waals surface area contributed by atoms with E-state index in [0.717, 1.165) is 46.6 Å². The minimum absolute atomic E-state index is 0. The molecule has 0 atom stereocenters. The lowest BCUT2D eigenvalue weighted by Crippen LogP contribution is -2.47. The highest BCUT2D eigenvalue weighted by Gasteiger charge is 2.17. The number of amides is 1. The van der Waals surface area contributed by atoms with Crippen LogP contribution in [0.2, 0.25) is 5.02 Å². The van der Waals surface area contributed by atoms with E-state index in [4.69, 9.17) is 11.6 Å². The molecule has 0 spiro atoms. The van der Waals surface area contributed by atoms with Crippen LogP contribution in [0.25, 0.3) is 20.7 Å². The van der Waals surface area contributed by atoms with Crippen LogP contribution in [0.1, 0.15) is 11.1 Å². The first-order valence-electron chi connectivity index (χ1n) is 10.9. The van der Waals surface area contributed by atoms with Crippen LogP contribution in [0.15, 0.2) is 65.7 Å². The molecule has 3 heterocycles. The summed E-state index contributed by atoms with van der Waals surface area (Å²) in [5, 5.41) is 3.78. The van der Waals surface area contributed by atoms with E-state index in [-0.39, 0.29) is 23.9 Å². The molecule has 2 aromatic heterocycles. The van der Waals surface area contributed by atoms with Crippen molar-refractivity contribution >= 4 is 51.5 Å². The molecule has 176 valence electrons. The van der Waals surface area contributed by atoms with E-state index in [2.05, 4.69) is 34.6 Å². The summed E-state index contributed by atoms with van der Waals surface area (Å²) in [5.41, 5.74) is 3.99. The van der Waals surface area contributed by atoms with Gasteiger partial charge in [-0.25, -0.2) is 4.98 Å². The maximum absolute atomic E-state index is 13.0. The van der Waals surface area contributed by atoms with E-state index in [1.54, 1.807) is 10.9 Å². The number of aryl methyl sites for hydroxylation is 2. The molecule has 1 fully saturated rings. The maximum atomic E-state index is 13.0. The lowest BCUT2D eigenvalue weighted by molar-refractivity contribution is -0.132. The SMILES string of the molecule is Cl.O=C1CNCCN1Cc1ccc(CCn2cnc3cc(-c4ccc(Cl)cc4)sc3c2=O)cc1. The Kier molecular flexibility index (Phi) is 7.68. The quantitative estimate of drug-likeness (QED) is 0.414. The molecule has 1 N–H and O–H groups in total. The van der Waals surface area contributed by atoms with E-state index in [1.165, 1.54) is 11.3 Å². The highest BCUT2D eigenvalue weighted by atomic mass is 35.5. The summed E-state index contributed by atoms with van der Waals surface area (Å²) >= 11 is 7.45. The van der Waals surface area contributed by atoms with Crippen molar-refractivity contribution in [3.63, 3.8) is 0 Å². The van der Waals surface area contributed by atoms with Crippen LogP contribution in [0, 0.1) is 0 Å². The molecule has 1 saturated heterocycles. The van der Waals surface area contributed by atoms with Gasteiger partial charge >= 0.3 is 0 Å². The van der Waals surface area contributed by atoms with Gasteiger partial charge in [-0.15, -0.1) is 23.7 Å². The van der Waals surface area contributed by atoms with Gasteiger partial charge in [0.25, 0.3) is 5.56 Å². The Hall–Kier alpha value is -2.71. The smallest absolute Gasteiger partial charge is 0.271 e. The summed E-state index contributed by atoms with van der Waals surface area (Å²) < 4.78 is 2.34. The van der Waals surface area contributed by atoms with Gasteiger partial charge in [0, 0.05) is 36.1 Å². The van der Waals surface area contributed by atoms with Gasteiger partial charge in [0.1, 0.15) is 4.70 Å². The molecule has 0 saturated carbocycles. The highest BCUT2D eigenvalue weighted by molar-refractivity contribution is 7.22. The van der Waals surface area contributed by atoms with E-state index in [0.29, 0.717) is 29.4 Å². The van der Waals surface area contributed by atoms with Crippen LogP contribution in [0.3, 0.4) is 0 Å². The molecule has 5 rings (SSSR count). The molecular formula is C25H24Cl2N4O2S. The third kappa shape index (κ3) is 5.33. The third-order valence-corrected chi connectivity index (χ3v) is 7.27. The van der Waals surface area contributed by atoms with Crippen molar-refractivity contribution in [1.29, 1.82) is 0 Å². The maximum Gasteiger partial charge on any atom is 0.271 e. The van der Waals surface area contributed by atoms with Crippen LogP contribution in [-0.2, 0) is 24.3 Å². The molecule has 0 radical (unpaired) electrons. The number of aromatic nitrogens is 2. The molecule has 1 aliphatic heterocycles. The Balaban J connectivity index is 0.00000274. The van der Waals surface area contributed by atoms with Crippen LogP contribution in [-0.4, -0.2) is 40.0 Å². The Bertz CT molecular complexity index is 1350. The molecule has 0 aliphatic carbocycles. The van der Waals surface area contributed by atoms with Crippen molar-refractivity contribution in [2.24, 2.45) is 0 Å². The normalized spacial score (nSPS) is 13.8. The van der Waals surface area contributed by atoms with Gasteiger partial charge < -0.3 is 10.2 Å². The molecule has 2 aromatic carbocycles. The number of nitrogens with zero attached hydrogens (tertiary/aromatic N) is 3. The van der Waals surface area contributed by atoms with Crippen molar-refractivity contribution in [2.75, 3.05) is 19.6 Å². The standard InChI is InChI=1S/C25H23ClN4O2S.ClH/c26-20-7-5-19(6-8-20)22-13-21-24(33-22)25(32)30(16-28-21)11-9-17-1-3-18(4-2-17)15-29-12-10-27-14-23(29)31;/h1-8,13,16,27H,9-12,14-15H2;1H. The van der Waals surface area contributed by atoms with E-state index in [9.17, 15) is 9.59 Å². The number of rotatable bonds is 6. The lowest BCUT2D eigenvalue weighted by atomic mass is 10.1. The minimum Gasteiger partial charge on any atom is -0.336 e. The molecule has 1 aliphatic rings. The average molecular weight is 515 g/mol. The molecule has 0 bridgehead atoms. The fourth-order valence-corrected chi connectivity index (χ4v) is 5.15. The topological polar surface area (TPSA) is 67.2 Å². The summed E-state index contributed by atoms with van der Waals surface area (Å²) in [6.45, 7) is 3.18. The minimum atomic E-state index is -0.0148. The van der Waals surface area contributed by atoms with Gasteiger partial charge in [0.2, 0.25) is 5.91 Å². The molecule has 1 amide bonds. The Morgan fingerprint density at radius 1 is 1.03 bits per heavy atom. The number of halogens is 2. The second kappa shape index (κ2) is 10.7. The number of fused-ring (bicyclic) bond motifs is 1. The van der Waals surface area contributed by atoms with Gasteiger partial charge in [0.05, 0.1) is 18.4 Å². The summed E-state index contributed by atoms with van der Waals surface area (Å²) in [4.78, 5) is 32.4. The van der Waals surface area contributed by atoms with Crippen LogP contribution in [0.4, 0.5) is 0 Å². The summed E-state index contributed by atoms with van der Waals surface area (Å²) in [6, 6.07) is 17.8. The second-order valence-corrected chi connectivity index (χ2v) is 9.62. The van der Waals surface area contributed by atoms with Crippen molar-refractivity contribution in [2.45, 2.75) is 19.5 Å². The van der Waals surface area contributed by atoms with Crippen molar-refractivity contribution < 1.29 is 4.79 Å². The Morgan fingerprint density at radius 2 is 1.76 bits per heavy atom. The number of nitrogens with one attached hydrogen (secondary N) is 1. The predicted molar refractivity (Wildman–Crippen MR) is 140 cm³/mol. The van der Waals surface area contributed by atoms with Gasteiger partial charge in [-0.1, -0.05) is 48.0 Å². The molecule has 9 heteroatoms. The first kappa shape index (κ1) is 24.4. The van der Waals surface area contributed by atoms with Crippen molar-refractivity contribution in [3.05, 3.63) is 87.4 Å². The third-order valence-electron chi connectivity index (χ3n) is 5.86. The Labute approximate surface area is 212 Å².